The van der Waals surface area contributed by atoms with Crippen molar-refractivity contribution in [2.45, 2.75) is 31.1 Å². The molecule has 0 nitrogen and oxygen atoms in total. The van der Waals surface area contributed by atoms with Gasteiger partial charge in [-0.1, -0.05) is 30.7 Å². The second kappa shape index (κ2) is 4.80. The third-order valence-corrected chi connectivity index (χ3v) is 3.12. The van der Waals surface area contributed by atoms with Crippen LogP contribution in [0.3, 0.4) is 0 Å². The molecule has 2 heteroatoms. The molecular weight excluding hydrogens is 211 g/mol. The first-order chi connectivity index (χ1) is 7.27. The molecule has 0 saturated carbocycles. The Morgan fingerprint density at radius 2 is 2.00 bits per heavy atom. The topological polar surface area (TPSA) is 0 Å². The molecule has 1 atom stereocenters. The Morgan fingerprint density at radius 3 is 2.80 bits per heavy atom. The molecule has 1 aliphatic carbocycles. The Bertz CT molecular complexity index is 371. The number of hydrogen-bond acceptors (Lipinski definition) is 0. The highest BCUT2D eigenvalue weighted by molar-refractivity contribution is 6.22. The Hall–Kier alpha value is -0.820. The third kappa shape index (κ3) is 2.60. The summed E-state index contributed by atoms with van der Waals surface area (Å²) in [5.74, 6) is -0.144. The lowest BCUT2D eigenvalue weighted by molar-refractivity contribution is 0.622. The van der Waals surface area contributed by atoms with Crippen LogP contribution >= 0.6 is 11.6 Å². The Labute approximate surface area is 94.8 Å². The predicted molar refractivity (Wildman–Crippen MR) is 62.5 cm³/mol. The van der Waals surface area contributed by atoms with Gasteiger partial charge in [-0.15, -0.1) is 11.6 Å². The highest BCUT2D eigenvalue weighted by Crippen LogP contribution is 2.29. The highest BCUT2D eigenvalue weighted by Gasteiger charge is 2.13. The van der Waals surface area contributed by atoms with Gasteiger partial charge in [-0.3, -0.25) is 0 Å². The van der Waals surface area contributed by atoms with Crippen molar-refractivity contribution in [3.63, 3.8) is 0 Å². The van der Waals surface area contributed by atoms with Crippen LogP contribution in [0, 0.1) is 5.82 Å². The van der Waals surface area contributed by atoms with Gasteiger partial charge in [-0.05, 0) is 30.9 Å². The molecule has 0 bridgehead atoms. The lowest BCUT2D eigenvalue weighted by Gasteiger charge is -2.07. The van der Waals surface area contributed by atoms with Crippen LogP contribution in [0.4, 0.5) is 4.39 Å². The summed E-state index contributed by atoms with van der Waals surface area (Å²) in [5, 5.41) is 0.0575. The van der Waals surface area contributed by atoms with Crippen LogP contribution in [0.5, 0.6) is 0 Å². The van der Waals surface area contributed by atoms with E-state index >= 15 is 0 Å². The summed E-state index contributed by atoms with van der Waals surface area (Å²) in [6.45, 7) is 0. The average Bonchev–Trinajstić information content (AvgIpc) is 2.43. The molecule has 0 spiro atoms. The molecule has 0 aliphatic heterocycles. The van der Waals surface area contributed by atoms with Crippen LogP contribution < -0.4 is 0 Å². The molecule has 0 heterocycles. The van der Waals surface area contributed by atoms with Gasteiger partial charge in [0.15, 0.2) is 0 Å². The van der Waals surface area contributed by atoms with Gasteiger partial charge >= 0.3 is 0 Å². The first-order valence-corrected chi connectivity index (χ1v) is 5.80. The number of halogens is 2. The molecule has 1 unspecified atom stereocenters. The Balaban J connectivity index is 2.33. The number of alkyl halides is 1. The molecule has 1 aromatic rings. The molecule has 0 saturated heterocycles. The van der Waals surface area contributed by atoms with Crippen molar-refractivity contribution in [3.8, 4) is 0 Å². The molecule has 0 aromatic heterocycles. The zero-order valence-electron chi connectivity index (χ0n) is 8.55. The Morgan fingerprint density at radius 1 is 1.20 bits per heavy atom. The number of benzene rings is 1. The van der Waals surface area contributed by atoms with E-state index in [1.807, 2.05) is 18.2 Å². The summed E-state index contributed by atoms with van der Waals surface area (Å²) in [6, 6.07) is 6.92. The minimum absolute atomic E-state index is 0.0575. The van der Waals surface area contributed by atoms with Crippen molar-refractivity contribution in [2.75, 3.05) is 0 Å². The van der Waals surface area contributed by atoms with Gasteiger partial charge in [-0.2, -0.15) is 0 Å². The van der Waals surface area contributed by atoms with Crippen LogP contribution in [0.15, 0.2) is 30.3 Å². The number of hydrogen-bond donors (Lipinski definition) is 0. The molecule has 1 aromatic carbocycles. The van der Waals surface area contributed by atoms with Crippen molar-refractivity contribution in [2.24, 2.45) is 0 Å². The maximum atomic E-state index is 13.5. The van der Waals surface area contributed by atoms with E-state index in [1.54, 1.807) is 6.07 Å². The first kappa shape index (κ1) is 10.7. The molecule has 2 rings (SSSR count). The fourth-order valence-corrected chi connectivity index (χ4v) is 2.29. The lowest BCUT2D eigenvalue weighted by Crippen LogP contribution is -1.93. The van der Waals surface area contributed by atoms with Gasteiger partial charge in [0.2, 0.25) is 0 Å². The quantitative estimate of drug-likeness (QED) is 0.621. The van der Waals surface area contributed by atoms with Crippen LogP contribution in [0.25, 0.3) is 5.57 Å². The Kier molecular flexibility index (Phi) is 3.42. The monoisotopic (exact) mass is 224 g/mol. The summed E-state index contributed by atoms with van der Waals surface area (Å²) in [5.41, 5.74) is 1.77. The number of rotatable bonds is 1. The fraction of sp³-hybridized carbons (Fsp3) is 0.385. The van der Waals surface area contributed by atoms with Gasteiger partial charge in [0.1, 0.15) is 5.82 Å². The summed E-state index contributed by atoms with van der Waals surface area (Å²) in [4.78, 5) is 0. The number of allylic oxidation sites excluding steroid dienone is 2. The van der Waals surface area contributed by atoms with Gasteiger partial charge in [0.25, 0.3) is 0 Å². The van der Waals surface area contributed by atoms with E-state index in [0.29, 0.717) is 5.56 Å². The molecule has 1 aliphatic rings. The molecule has 0 N–H and O–H groups in total. The van der Waals surface area contributed by atoms with Gasteiger partial charge < -0.3 is 0 Å². The van der Waals surface area contributed by atoms with Gasteiger partial charge in [0, 0.05) is 5.56 Å². The van der Waals surface area contributed by atoms with E-state index in [2.05, 4.69) is 0 Å². The van der Waals surface area contributed by atoms with E-state index in [0.717, 1.165) is 31.3 Å². The SMILES string of the molecule is Fc1ccccc1C1=CC(Cl)CCCC1. The molecule has 0 fully saturated rings. The van der Waals surface area contributed by atoms with Crippen LogP contribution in [-0.2, 0) is 0 Å². The predicted octanol–water partition coefficient (Wildman–Crippen LogP) is 4.39. The van der Waals surface area contributed by atoms with E-state index in [9.17, 15) is 4.39 Å². The largest absolute Gasteiger partial charge is 0.206 e. The minimum atomic E-state index is -0.144. The maximum absolute atomic E-state index is 13.5. The first-order valence-electron chi connectivity index (χ1n) is 5.37. The third-order valence-electron chi connectivity index (χ3n) is 2.78. The van der Waals surface area contributed by atoms with Crippen molar-refractivity contribution in [1.82, 2.24) is 0 Å². The molecule has 15 heavy (non-hydrogen) atoms. The van der Waals surface area contributed by atoms with E-state index < -0.39 is 0 Å². The summed E-state index contributed by atoms with van der Waals surface area (Å²) < 4.78 is 13.5. The van der Waals surface area contributed by atoms with Gasteiger partial charge in [0.05, 0.1) is 5.38 Å². The molecule has 0 amide bonds. The van der Waals surface area contributed by atoms with Crippen molar-refractivity contribution in [3.05, 3.63) is 41.7 Å². The summed E-state index contributed by atoms with van der Waals surface area (Å²) in [7, 11) is 0. The smallest absolute Gasteiger partial charge is 0.130 e. The van der Waals surface area contributed by atoms with E-state index in [4.69, 9.17) is 11.6 Å². The maximum Gasteiger partial charge on any atom is 0.130 e. The van der Waals surface area contributed by atoms with Crippen LogP contribution in [0.2, 0.25) is 0 Å². The van der Waals surface area contributed by atoms with Crippen LogP contribution in [-0.4, -0.2) is 5.38 Å². The van der Waals surface area contributed by atoms with Crippen molar-refractivity contribution >= 4 is 17.2 Å². The molecular formula is C13H14ClF. The minimum Gasteiger partial charge on any atom is -0.206 e. The zero-order chi connectivity index (χ0) is 10.7. The lowest BCUT2D eigenvalue weighted by atomic mass is 10.0. The summed E-state index contributed by atoms with van der Waals surface area (Å²) >= 11 is 6.12. The van der Waals surface area contributed by atoms with Crippen molar-refractivity contribution < 1.29 is 4.39 Å². The average molecular weight is 225 g/mol. The van der Waals surface area contributed by atoms with E-state index in [1.165, 1.54) is 6.07 Å². The second-order valence-electron chi connectivity index (χ2n) is 3.93. The molecule has 0 radical (unpaired) electrons. The highest BCUT2D eigenvalue weighted by atomic mass is 35.5. The fourth-order valence-electron chi connectivity index (χ4n) is 1.99. The zero-order valence-corrected chi connectivity index (χ0v) is 9.30. The second-order valence-corrected chi connectivity index (χ2v) is 4.49. The van der Waals surface area contributed by atoms with E-state index in [-0.39, 0.29) is 11.2 Å². The normalized spacial score (nSPS) is 22.0. The van der Waals surface area contributed by atoms with Crippen LogP contribution in [0.1, 0.15) is 31.2 Å². The van der Waals surface area contributed by atoms with Crippen molar-refractivity contribution in [1.29, 1.82) is 0 Å². The standard InChI is InChI=1S/C13H14ClF/c14-11-6-2-1-5-10(9-11)12-7-3-4-8-13(12)15/h3-4,7-9,11H,1-2,5-6H2. The van der Waals surface area contributed by atoms with Gasteiger partial charge in [-0.25, -0.2) is 4.39 Å². The molecule has 80 valence electrons. The summed E-state index contributed by atoms with van der Waals surface area (Å²) in [6.07, 6.45) is 6.17.